The first-order valence-corrected chi connectivity index (χ1v) is 10.4. The molecular formula is C26H14N4O. The van der Waals surface area contributed by atoms with Crippen LogP contribution < -0.4 is 5.56 Å². The van der Waals surface area contributed by atoms with Crippen molar-refractivity contribution in [3.05, 3.63) is 88.7 Å². The molecule has 0 saturated carbocycles. The average Bonchev–Trinajstić information content (AvgIpc) is 3.38. The van der Waals surface area contributed by atoms with E-state index in [4.69, 9.17) is 9.97 Å². The van der Waals surface area contributed by atoms with Crippen LogP contribution in [0.5, 0.6) is 0 Å². The number of fused-ring (bicyclic) bond motifs is 8. The minimum absolute atomic E-state index is 0.0148. The first-order valence-electron chi connectivity index (χ1n) is 10.4. The summed E-state index contributed by atoms with van der Waals surface area (Å²) in [5.41, 5.74) is 6.81. The first kappa shape index (κ1) is 15.6. The molecule has 1 aliphatic heterocycles. The SMILES string of the molecule is O=c1c2ccc3c4c(ccc(c42)c2nc4ccccc4n12)-c1nc2ccccc2n1C3. The normalized spacial score (nSPS) is 13.2. The van der Waals surface area contributed by atoms with E-state index < -0.39 is 0 Å². The van der Waals surface area contributed by atoms with E-state index in [1.807, 2.05) is 36.4 Å². The van der Waals surface area contributed by atoms with E-state index in [0.717, 1.165) is 67.2 Å². The molecule has 4 aromatic carbocycles. The molecule has 5 heteroatoms. The topological polar surface area (TPSA) is 52.2 Å². The maximum atomic E-state index is 13.6. The Bertz CT molecular complexity index is 1940. The number of pyridine rings is 1. The van der Waals surface area contributed by atoms with Gasteiger partial charge in [0.25, 0.3) is 5.56 Å². The van der Waals surface area contributed by atoms with E-state index in [1.54, 1.807) is 4.40 Å². The highest BCUT2D eigenvalue weighted by Gasteiger charge is 2.25. The lowest BCUT2D eigenvalue weighted by Gasteiger charge is -2.21. The van der Waals surface area contributed by atoms with E-state index in [1.165, 1.54) is 5.56 Å². The molecule has 0 fully saturated rings. The summed E-state index contributed by atoms with van der Waals surface area (Å²) in [5.74, 6) is 0.962. The molecule has 0 radical (unpaired) electrons. The second-order valence-electron chi connectivity index (χ2n) is 8.26. The fourth-order valence-corrected chi connectivity index (χ4v) is 5.39. The summed E-state index contributed by atoms with van der Waals surface area (Å²) < 4.78 is 4.03. The Morgan fingerprint density at radius 1 is 0.710 bits per heavy atom. The van der Waals surface area contributed by atoms with Crippen molar-refractivity contribution in [1.29, 1.82) is 0 Å². The molecule has 1 aliphatic rings. The van der Waals surface area contributed by atoms with Gasteiger partial charge in [-0.15, -0.1) is 0 Å². The molecule has 0 aliphatic carbocycles. The van der Waals surface area contributed by atoms with Crippen LogP contribution in [0.3, 0.4) is 0 Å². The van der Waals surface area contributed by atoms with Gasteiger partial charge in [-0.3, -0.25) is 9.20 Å². The van der Waals surface area contributed by atoms with Crippen LogP contribution in [0.1, 0.15) is 5.56 Å². The maximum Gasteiger partial charge on any atom is 0.264 e. The van der Waals surface area contributed by atoms with Crippen molar-refractivity contribution in [3.8, 4) is 11.4 Å². The van der Waals surface area contributed by atoms with Crippen LogP contribution in [0, 0.1) is 0 Å². The monoisotopic (exact) mass is 398 g/mol. The van der Waals surface area contributed by atoms with Crippen molar-refractivity contribution in [2.24, 2.45) is 0 Å². The van der Waals surface area contributed by atoms with Crippen LogP contribution in [0.4, 0.5) is 0 Å². The van der Waals surface area contributed by atoms with Gasteiger partial charge in [0.2, 0.25) is 0 Å². The number of hydrogen-bond donors (Lipinski definition) is 0. The molecule has 3 aromatic heterocycles. The van der Waals surface area contributed by atoms with E-state index in [9.17, 15) is 4.79 Å². The predicted molar refractivity (Wildman–Crippen MR) is 123 cm³/mol. The van der Waals surface area contributed by atoms with Gasteiger partial charge in [-0.05, 0) is 53.4 Å². The van der Waals surface area contributed by atoms with Crippen LogP contribution in [0.15, 0.2) is 77.6 Å². The van der Waals surface area contributed by atoms with E-state index >= 15 is 0 Å². The highest BCUT2D eigenvalue weighted by Crippen LogP contribution is 2.42. The third-order valence-electron chi connectivity index (χ3n) is 6.71. The molecule has 0 saturated heterocycles. The summed E-state index contributed by atoms with van der Waals surface area (Å²) >= 11 is 0. The van der Waals surface area contributed by atoms with Crippen molar-refractivity contribution < 1.29 is 0 Å². The van der Waals surface area contributed by atoms with E-state index in [0.29, 0.717) is 0 Å². The highest BCUT2D eigenvalue weighted by atomic mass is 16.1. The lowest BCUT2D eigenvalue weighted by Crippen LogP contribution is -2.15. The van der Waals surface area contributed by atoms with Gasteiger partial charge in [0.1, 0.15) is 11.5 Å². The van der Waals surface area contributed by atoms with E-state index in [2.05, 4.69) is 41.0 Å². The van der Waals surface area contributed by atoms with Gasteiger partial charge in [-0.25, -0.2) is 9.97 Å². The molecule has 0 spiro atoms. The molecule has 0 unspecified atom stereocenters. The zero-order valence-electron chi connectivity index (χ0n) is 16.3. The fourth-order valence-electron chi connectivity index (χ4n) is 5.39. The Balaban J connectivity index is 1.62. The van der Waals surface area contributed by atoms with Gasteiger partial charge in [-0.1, -0.05) is 30.3 Å². The summed E-state index contributed by atoms with van der Waals surface area (Å²) in [4.78, 5) is 23.4. The van der Waals surface area contributed by atoms with Crippen LogP contribution in [-0.2, 0) is 6.54 Å². The molecule has 0 N–H and O–H groups in total. The van der Waals surface area contributed by atoms with Crippen molar-refractivity contribution in [3.63, 3.8) is 0 Å². The Hall–Kier alpha value is -4.25. The van der Waals surface area contributed by atoms with Crippen LogP contribution in [-0.4, -0.2) is 18.9 Å². The molecule has 31 heavy (non-hydrogen) atoms. The van der Waals surface area contributed by atoms with Crippen LogP contribution >= 0.6 is 0 Å². The first-order chi connectivity index (χ1) is 15.3. The van der Waals surface area contributed by atoms with Gasteiger partial charge < -0.3 is 4.57 Å². The van der Waals surface area contributed by atoms with Gasteiger partial charge >= 0.3 is 0 Å². The molecule has 0 bridgehead atoms. The molecule has 7 aromatic rings. The maximum absolute atomic E-state index is 13.6. The Morgan fingerprint density at radius 2 is 1.45 bits per heavy atom. The number of aromatic nitrogens is 4. The average molecular weight is 398 g/mol. The zero-order valence-corrected chi connectivity index (χ0v) is 16.3. The number of nitrogens with zero attached hydrogens (tertiary/aromatic N) is 4. The Labute approximate surface area is 175 Å². The van der Waals surface area contributed by atoms with E-state index in [-0.39, 0.29) is 5.56 Å². The highest BCUT2D eigenvalue weighted by molar-refractivity contribution is 6.20. The molecule has 8 rings (SSSR count). The van der Waals surface area contributed by atoms with Crippen molar-refractivity contribution in [2.45, 2.75) is 6.54 Å². The largest absolute Gasteiger partial charge is 0.319 e. The minimum Gasteiger partial charge on any atom is -0.319 e. The fraction of sp³-hybridized carbons (Fsp3) is 0.0385. The summed E-state index contributed by atoms with van der Waals surface area (Å²) in [6.07, 6.45) is 0. The number of hydrogen-bond acceptors (Lipinski definition) is 3. The van der Waals surface area contributed by atoms with Gasteiger partial charge in [0, 0.05) is 21.7 Å². The van der Waals surface area contributed by atoms with Crippen LogP contribution in [0.25, 0.3) is 60.6 Å². The standard InChI is InChI=1S/C26H14N4O/c31-26-17-10-9-14-13-29-20-7-3-1-5-18(20)27-24(29)15-11-12-16(23(17)22(14)15)25-28-19-6-2-4-8-21(19)30(25)26/h1-12H,13H2. The molecule has 144 valence electrons. The second-order valence-corrected chi connectivity index (χ2v) is 8.26. The summed E-state index contributed by atoms with van der Waals surface area (Å²) in [6.45, 7) is 0.744. The summed E-state index contributed by atoms with van der Waals surface area (Å²) in [5, 5.41) is 3.87. The third kappa shape index (κ3) is 1.73. The van der Waals surface area contributed by atoms with Crippen molar-refractivity contribution >= 4 is 49.3 Å². The van der Waals surface area contributed by atoms with Crippen molar-refractivity contribution in [2.75, 3.05) is 0 Å². The third-order valence-corrected chi connectivity index (χ3v) is 6.71. The zero-order chi connectivity index (χ0) is 20.3. The van der Waals surface area contributed by atoms with Gasteiger partial charge in [0.15, 0.2) is 0 Å². The molecule has 4 heterocycles. The minimum atomic E-state index is -0.0148. The Morgan fingerprint density at radius 3 is 2.32 bits per heavy atom. The molecule has 0 atom stereocenters. The van der Waals surface area contributed by atoms with Gasteiger partial charge in [0.05, 0.1) is 28.6 Å². The summed E-state index contributed by atoms with van der Waals surface area (Å²) in [6, 6.07) is 24.4. The number of imidazole rings is 2. The molecule has 0 amide bonds. The predicted octanol–water partition coefficient (Wildman–Crippen LogP) is 4.97. The van der Waals surface area contributed by atoms with Crippen LogP contribution in [0.2, 0.25) is 0 Å². The molecule has 5 nitrogen and oxygen atoms in total. The number of benzene rings is 4. The quantitative estimate of drug-likeness (QED) is 0.362. The lowest BCUT2D eigenvalue weighted by atomic mass is 9.91. The molecular weight excluding hydrogens is 384 g/mol. The van der Waals surface area contributed by atoms with Crippen molar-refractivity contribution in [1.82, 2.24) is 18.9 Å². The van der Waals surface area contributed by atoms with Gasteiger partial charge in [-0.2, -0.15) is 0 Å². The smallest absolute Gasteiger partial charge is 0.264 e. The number of rotatable bonds is 0. The number of para-hydroxylation sites is 4. The second kappa shape index (κ2) is 5.08. The summed E-state index contributed by atoms with van der Waals surface area (Å²) in [7, 11) is 0. The Kier molecular flexibility index (Phi) is 2.55. The lowest BCUT2D eigenvalue weighted by molar-refractivity contribution is 0.831.